The van der Waals surface area contributed by atoms with Crippen LogP contribution in [0.4, 0.5) is 20.8 Å². The predicted molar refractivity (Wildman–Crippen MR) is 253 cm³/mol. The summed E-state index contributed by atoms with van der Waals surface area (Å²) in [5, 5.41) is 15.7. The summed E-state index contributed by atoms with van der Waals surface area (Å²) in [6.45, 7) is 8.73. The standard InChI is InChI=1S/C50H48ClF2N11O4/c1-27-8-7-20-62(39(27)25-55-50-61-38-14-12-31(51)23-42(38)68-50)48(66)43-34(13-11-28(2)44(43)53)46-54-17-15-36(59-46)33-16-21-63(40(30(33)4)26-56-49-60-37-9-5-6-10-41(37)67-49)47(65)35-24-32(52)22-29(3)45(35)64-57-18-19-58-64/h5-6,9-15,17-19,22-24,27,30,33,39-40H,7-8,16,20-21,25-26H2,1-4H3,(H,55,61)(H,56,60)/t27-,30-,33?,39-,40-/m1/s1. The van der Waals surface area contributed by atoms with E-state index < -0.39 is 29.5 Å². The zero-order chi connectivity index (χ0) is 47.2. The molecule has 2 N–H and O–H groups in total. The number of fused-ring (bicyclic) bond motifs is 2. The molecule has 348 valence electrons. The second kappa shape index (κ2) is 18.4. The zero-order valence-electron chi connectivity index (χ0n) is 37.8. The van der Waals surface area contributed by atoms with Crippen LogP contribution in [-0.4, -0.2) is 94.8 Å². The number of halogens is 3. The number of amides is 2. The Morgan fingerprint density at radius 3 is 2.26 bits per heavy atom. The summed E-state index contributed by atoms with van der Waals surface area (Å²) in [6.07, 6.45) is 6.74. The number of rotatable bonds is 11. The van der Waals surface area contributed by atoms with Crippen molar-refractivity contribution in [1.82, 2.24) is 44.7 Å². The maximum atomic E-state index is 16.6. The number of aryl methyl sites for hydroxylation is 2. The lowest BCUT2D eigenvalue weighted by molar-refractivity contribution is 0.0491. The lowest BCUT2D eigenvalue weighted by Crippen LogP contribution is -2.53. The Labute approximate surface area is 394 Å². The maximum absolute atomic E-state index is 16.6. The molecule has 2 fully saturated rings. The summed E-state index contributed by atoms with van der Waals surface area (Å²) in [7, 11) is 0. The summed E-state index contributed by atoms with van der Waals surface area (Å²) >= 11 is 6.18. The molecule has 0 bridgehead atoms. The molecule has 10 rings (SSSR count). The van der Waals surface area contributed by atoms with Crippen LogP contribution in [0.2, 0.25) is 5.02 Å². The van der Waals surface area contributed by atoms with Crippen molar-refractivity contribution in [3.05, 3.63) is 136 Å². The van der Waals surface area contributed by atoms with E-state index >= 15 is 8.78 Å². The Balaban J connectivity index is 0.956. The number of hydrogen-bond donors (Lipinski definition) is 2. The fourth-order valence-electron chi connectivity index (χ4n) is 9.92. The molecule has 2 aliphatic heterocycles. The van der Waals surface area contributed by atoms with E-state index in [1.165, 1.54) is 29.3 Å². The number of nitrogens with zero attached hydrogens (tertiary/aromatic N) is 9. The smallest absolute Gasteiger partial charge is 0.295 e. The van der Waals surface area contributed by atoms with E-state index in [1.807, 2.05) is 37.3 Å². The highest BCUT2D eigenvalue weighted by Crippen LogP contribution is 2.39. The van der Waals surface area contributed by atoms with Crippen LogP contribution >= 0.6 is 11.6 Å². The highest BCUT2D eigenvalue weighted by Gasteiger charge is 2.41. The number of likely N-dealkylation sites (tertiary alicyclic amines) is 2. The highest BCUT2D eigenvalue weighted by molar-refractivity contribution is 6.31. The quantitative estimate of drug-likeness (QED) is 0.126. The van der Waals surface area contributed by atoms with Gasteiger partial charge in [0.25, 0.3) is 23.8 Å². The molecular formula is C50H48ClF2N11O4. The fraction of sp³-hybridized carbons (Fsp3) is 0.320. The first-order valence-corrected chi connectivity index (χ1v) is 23.1. The number of benzene rings is 4. The topological polar surface area (TPSA) is 173 Å². The summed E-state index contributed by atoms with van der Waals surface area (Å²) in [5.74, 6) is -2.25. The number of carbonyl (C=O) groups excluding carboxylic acids is 2. The van der Waals surface area contributed by atoms with Gasteiger partial charge in [0.05, 0.1) is 35.6 Å². The molecule has 0 spiro atoms. The molecule has 2 aliphatic rings. The van der Waals surface area contributed by atoms with E-state index in [-0.39, 0.29) is 65.4 Å². The van der Waals surface area contributed by atoms with Crippen molar-refractivity contribution in [2.24, 2.45) is 11.8 Å². The van der Waals surface area contributed by atoms with Crippen molar-refractivity contribution >= 4 is 57.6 Å². The van der Waals surface area contributed by atoms with Crippen LogP contribution in [0.5, 0.6) is 0 Å². The van der Waals surface area contributed by atoms with Crippen LogP contribution in [0, 0.1) is 37.3 Å². The zero-order valence-corrected chi connectivity index (χ0v) is 38.5. The normalized spacial score (nSPS) is 19.7. The first kappa shape index (κ1) is 44.6. The molecule has 2 saturated heterocycles. The molecule has 6 heterocycles. The van der Waals surface area contributed by atoms with Gasteiger partial charge in [-0.3, -0.25) is 9.59 Å². The molecule has 0 aliphatic carbocycles. The molecule has 8 aromatic rings. The van der Waals surface area contributed by atoms with Crippen molar-refractivity contribution in [1.29, 1.82) is 0 Å². The van der Waals surface area contributed by atoms with Crippen LogP contribution < -0.4 is 10.6 Å². The second-order valence-corrected chi connectivity index (χ2v) is 18.2. The Bertz CT molecular complexity index is 3150. The van der Waals surface area contributed by atoms with E-state index in [4.69, 9.17) is 25.4 Å². The Hall–Kier alpha value is -7.27. The number of oxazole rings is 2. The average Bonchev–Trinajstić information content (AvgIpc) is 4.11. The van der Waals surface area contributed by atoms with Gasteiger partial charge in [0.1, 0.15) is 28.4 Å². The first-order chi connectivity index (χ1) is 32.9. The summed E-state index contributed by atoms with van der Waals surface area (Å²) in [4.78, 5) is 53.4. The number of piperidine rings is 2. The fourth-order valence-corrected chi connectivity index (χ4v) is 10.1. The van der Waals surface area contributed by atoms with Gasteiger partial charge in [-0.25, -0.2) is 18.7 Å². The van der Waals surface area contributed by atoms with Gasteiger partial charge in [-0.05, 0) is 105 Å². The minimum Gasteiger partial charge on any atom is -0.424 e. The second-order valence-electron chi connectivity index (χ2n) is 17.7. The monoisotopic (exact) mass is 939 g/mol. The van der Waals surface area contributed by atoms with Crippen LogP contribution in [0.15, 0.2) is 100 Å². The van der Waals surface area contributed by atoms with Gasteiger partial charge >= 0.3 is 0 Å². The highest BCUT2D eigenvalue weighted by atomic mass is 35.5. The SMILES string of the molecule is Cc1ccc(-c2nccc(C3CCN(C(=O)c4cc(F)cc(C)c4-n4nccn4)[C@H](CNc4nc5ccccc5o4)[C@@H]3C)n2)c(C(=O)N2CCC[C@@H](C)[C@H]2CNc2nc3ccc(Cl)cc3o2)c1F. The third-order valence-corrected chi connectivity index (χ3v) is 13.7. The molecule has 1 unspecified atom stereocenters. The van der Waals surface area contributed by atoms with E-state index in [2.05, 4.69) is 42.7 Å². The minimum absolute atomic E-state index is 0.0815. The molecule has 2 amide bonds. The van der Waals surface area contributed by atoms with E-state index in [1.54, 1.807) is 60.2 Å². The maximum Gasteiger partial charge on any atom is 0.295 e. The number of anilines is 2. The number of nitrogens with one attached hydrogen (secondary N) is 2. The van der Waals surface area contributed by atoms with Crippen LogP contribution in [0.1, 0.15) is 76.6 Å². The average molecular weight is 940 g/mol. The molecule has 4 aromatic heterocycles. The molecule has 68 heavy (non-hydrogen) atoms. The van der Waals surface area contributed by atoms with Crippen molar-refractivity contribution < 1.29 is 27.2 Å². The van der Waals surface area contributed by atoms with Gasteiger partial charge in [-0.1, -0.05) is 43.6 Å². The van der Waals surface area contributed by atoms with Gasteiger partial charge < -0.3 is 29.3 Å². The lowest BCUT2D eigenvalue weighted by Gasteiger charge is -2.44. The van der Waals surface area contributed by atoms with Crippen molar-refractivity contribution in [3.63, 3.8) is 0 Å². The van der Waals surface area contributed by atoms with Gasteiger partial charge in [-0.2, -0.15) is 25.0 Å². The molecule has 18 heteroatoms. The molecule has 5 atom stereocenters. The summed E-state index contributed by atoms with van der Waals surface area (Å²) in [5.41, 5.74) is 4.63. The minimum atomic E-state index is -0.634. The molecular weight excluding hydrogens is 892 g/mol. The van der Waals surface area contributed by atoms with Crippen LogP contribution in [0.25, 0.3) is 39.3 Å². The lowest BCUT2D eigenvalue weighted by atomic mass is 9.78. The summed E-state index contributed by atoms with van der Waals surface area (Å²) < 4.78 is 43.7. The predicted octanol–water partition coefficient (Wildman–Crippen LogP) is 9.65. The summed E-state index contributed by atoms with van der Waals surface area (Å²) in [6, 6.07) is 20.2. The van der Waals surface area contributed by atoms with E-state index in [0.717, 1.165) is 12.8 Å². The molecule has 4 aromatic carbocycles. The Morgan fingerprint density at radius 1 is 0.765 bits per heavy atom. The van der Waals surface area contributed by atoms with Crippen LogP contribution in [0.3, 0.4) is 0 Å². The van der Waals surface area contributed by atoms with Crippen molar-refractivity contribution in [2.45, 2.75) is 65.0 Å². The van der Waals surface area contributed by atoms with Gasteiger partial charge in [0.2, 0.25) is 0 Å². The first-order valence-electron chi connectivity index (χ1n) is 22.7. The van der Waals surface area contributed by atoms with Crippen molar-refractivity contribution in [2.75, 3.05) is 36.8 Å². The largest absolute Gasteiger partial charge is 0.424 e. The van der Waals surface area contributed by atoms with Gasteiger partial charge in [0.15, 0.2) is 17.0 Å². The van der Waals surface area contributed by atoms with Gasteiger partial charge in [-0.15, -0.1) is 0 Å². The number of para-hydroxylation sites is 2. The van der Waals surface area contributed by atoms with Crippen molar-refractivity contribution in [3.8, 4) is 17.1 Å². The molecule has 0 saturated carbocycles. The van der Waals surface area contributed by atoms with E-state index in [0.29, 0.717) is 75.3 Å². The molecule has 0 radical (unpaired) electrons. The van der Waals surface area contributed by atoms with E-state index in [9.17, 15) is 9.59 Å². The van der Waals surface area contributed by atoms with Crippen LogP contribution in [-0.2, 0) is 0 Å². The number of carbonyl (C=O) groups is 2. The number of aromatic nitrogens is 7. The molecule has 15 nitrogen and oxygen atoms in total. The third kappa shape index (κ3) is 8.50. The third-order valence-electron chi connectivity index (χ3n) is 13.5. The Morgan fingerprint density at radius 2 is 1.49 bits per heavy atom. The Kier molecular flexibility index (Phi) is 12.1. The van der Waals surface area contributed by atoms with Gasteiger partial charge in [0, 0.05) is 60.6 Å². The number of hydrogen-bond acceptors (Lipinski definition) is 12.